The van der Waals surface area contributed by atoms with Crippen LogP contribution in [-0.4, -0.2) is 25.8 Å². The van der Waals surface area contributed by atoms with Gasteiger partial charge in [0.1, 0.15) is 0 Å². The molecule has 0 saturated heterocycles. The molecular weight excluding hydrogens is 396 g/mol. The van der Waals surface area contributed by atoms with Gasteiger partial charge in [-0.1, -0.05) is 66.7 Å². The van der Waals surface area contributed by atoms with Gasteiger partial charge in [-0.2, -0.15) is 0 Å². The van der Waals surface area contributed by atoms with Crippen molar-refractivity contribution in [2.45, 2.75) is 18.0 Å². The maximum Gasteiger partial charge on any atom is 0.254 e. The predicted octanol–water partition coefficient (Wildman–Crippen LogP) is 3.99. The Morgan fingerprint density at radius 3 is 1.80 bits per heavy atom. The quantitative estimate of drug-likeness (QED) is 0.532. The lowest BCUT2D eigenvalue weighted by molar-refractivity contribution is 0.0730. The maximum atomic E-state index is 13.2. The van der Waals surface area contributed by atoms with Crippen molar-refractivity contribution >= 4 is 15.9 Å². The number of nitrogens with zero attached hydrogens (tertiary/aromatic N) is 1. The van der Waals surface area contributed by atoms with Gasteiger partial charge in [-0.05, 0) is 35.4 Å². The minimum absolute atomic E-state index is 0.110. The number of sulfonamides is 1. The largest absolute Gasteiger partial charge is 0.330 e. The molecule has 0 aromatic heterocycles. The van der Waals surface area contributed by atoms with E-state index in [2.05, 4.69) is 11.3 Å². The molecule has 0 radical (unpaired) electrons. The van der Waals surface area contributed by atoms with Crippen LogP contribution in [0.15, 0.2) is 102 Å². The Morgan fingerprint density at radius 2 is 1.33 bits per heavy atom. The van der Waals surface area contributed by atoms with Crippen molar-refractivity contribution in [1.82, 2.24) is 9.62 Å². The minimum Gasteiger partial charge on any atom is -0.330 e. The molecule has 0 unspecified atom stereocenters. The van der Waals surface area contributed by atoms with E-state index in [4.69, 9.17) is 0 Å². The van der Waals surface area contributed by atoms with Crippen LogP contribution in [0.3, 0.4) is 0 Å². The summed E-state index contributed by atoms with van der Waals surface area (Å²) in [5, 5.41) is 0. The van der Waals surface area contributed by atoms with E-state index in [1.54, 1.807) is 17.0 Å². The summed E-state index contributed by atoms with van der Waals surface area (Å²) in [5.41, 5.74) is 2.48. The standard InChI is InChI=1S/C24H24N2O3S/c1-2-17-25-30(28,29)23-15-13-22(14-16-23)24(27)26(18-20-9-5-3-6-10-20)19-21-11-7-4-8-12-21/h2-16,25H,1,17-19H2. The van der Waals surface area contributed by atoms with Gasteiger partial charge in [0, 0.05) is 25.2 Å². The zero-order valence-electron chi connectivity index (χ0n) is 16.6. The van der Waals surface area contributed by atoms with Gasteiger partial charge in [-0.3, -0.25) is 4.79 Å². The lowest BCUT2D eigenvalue weighted by Crippen LogP contribution is -2.30. The minimum atomic E-state index is -3.63. The first-order valence-corrected chi connectivity index (χ1v) is 11.1. The Morgan fingerprint density at radius 1 is 0.833 bits per heavy atom. The van der Waals surface area contributed by atoms with Crippen molar-refractivity contribution in [2.75, 3.05) is 6.54 Å². The van der Waals surface area contributed by atoms with Gasteiger partial charge in [0.05, 0.1) is 4.90 Å². The van der Waals surface area contributed by atoms with Gasteiger partial charge in [0.25, 0.3) is 5.91 Å². The van der Waals surface area contributed by atoms with E-state index < -0.39 is 10.0 Å². The van der Waals surface area contributed by atoms with E-state index in [-0.39, 0.29) is 17.3 Å². The maximum absolute atomic E-state index is 13.2. The number of hydrogen-bond acceptors (Lipinski definition) is 3. The molecule has 6 heteroatoms. The Hall–Kier alpha value is -3.22. The molecule has 0 aliphatic rings. The second kappa shape index (κ2) is 10.0. The SMILES string of the molecule is C=CCNS(=O)(=O)c1ccc(C(=O)N(Cc2ccccc2)Cc2ccccc2)cc1. The lowest BCUT2D eigenvalue weighted by Gasteiger charge is -2.23. The van der Waals surface area contributed by atoms with Crippen molar-refractivity contribution in [1.29, 1.82) is 0 Å². The molecule has 0 bridgehead atoms. The summed E-state index contributed by atoms with van der Waals surface area (Å²) in [6.45, 7) is 4.56. The second-order valence-electron chi connectivity index (χ2n) is 6.80. The van der Waals surface area contributed by atoms with Gasteiger partial charge in [-0.25, -0.2) is 13.1 Å². The van der Waals surface area contributed by atoms with Crippen LogP contribution >= 0.6 is 0 Å². The zero-order valence-corrected chi connectivity index (χ0v) is 17.4. The highest BCUT2D eigenvalue weighted by molar-refractivity contribution is 7.89. The molecule has 1 amide bonds. The summed E-state index contributed by atoms with van der Waals surface area (Å²) in [6, 6.07) is 25.5. The molecule has 1 N–H and O–H groups in total. The Kier molecular flexibility index (Phi) is 7.17. The Bertz CT molecular complexity index is 1040. The number of rotatable bonds is 9. The molecule has 0 aliphatic heterocycles. The van der Waals surface area contributed by atoms with Gasteiger partial charge in [-0.15, -0.1) is 6.58 Å². The fraction of sp³-hybridized carbons (Fsp3) is 0.125. The number of carbonyl (C=O) groups is 1. The van der Waals surface area contributed by atoms with E-state index in [0.717, 1.165) is 11.1 Å². The van der Waals surface area contributed by atoms with E-state index in [1.165, 1.54) is 18.2 Å². The molecule has 0 fully saturated rings. The van der Waals surface area contributed by atoms with Crippen molar-refractivity contribution in [2.24, 2.45) is 0 Å². The van der Waals surface area contributed by atoms with E-state index in [1.807, 2.05) is 60.7 Å². The van der Waals surface area contributed by atoms with E-state index in [9.17, 15) is 13.2 Å². The van der Waals surface area contributed by atoms with Crippen molar-refractivity contribution in [3.63, 3.8) is 0 Å². The molecule has 0 saturated carbocycles. The van der Waals surface area contributed by atoms with Crippen LogP contribution in [0.25, 0.3) is 0 Å². The first kappa shape index (κ1) is 21.5. The van der Waals surface area contributed by atoms with Crippen LogP contribution in [-0.2, 0) is 23.1 Å². The summed E-state index contributed by atoms with van der Waals surface area (Å²) in [4.78, 5) is 15.1. The van der Waals surface area contributed by atoms with Crippen LogP contribution < -0.4 is 4.72 Å². The van der Waals surface area contributed by atoms with Crippen LogP contribution in [0.2, 0.25) is 0 Å². The topological polar surface area (TPSA) is 66.5 Å². The summed E-state index contributed by atoms with van der Waals surface area (Å²) >= 11 is 0. The molecule has 0 aliphatic carbocycles. The number of carbonyl (C=O) groups excluding carboxylic acids is 1. The number of benzene rings is 3. The smallest absolute Gasteiger partial charge is 0.254 e. The molecule has 3 aromatic carbocycles. The van der Waals surface area contributed by atoms with Gasteiger partial charge < -0.3 is 4.90 Å². The summed E-state index contributed by atoms with van der Waals surface area (Å²) in [5.74, 6) is -0.161. The van der Waals surface area contributed by atoms with Gasteiger partial charge in [0.2, 0.25) is 10.0 Å². The molecule has 3 rings (SSSR count). The molecule has 0 spiro atoms. The highest BCUT2D eigenvalue weighted by Crippen LogP contribution is 2.16. The number of nitrogens with one attached hydrogen (secondary N) is 1. The highest BCUT2D eigenvalue weighted by atomic mass is 32.2. The number of hydrogen-bond donors (Lipinski definition) is 1. The summed E-state index contributed by atoms with van der Waals surface area (Å²) in [6.07, 6.45) is 1.47. The highest BCUT2D eigenvalue weighted by Gasteiger charge is 2.19. The summed E-state index contributed by atoms with van der Waals surface area (Å²) < 4.78 is 26.9. The van der Waals surface area contributed by atoms with Crippen LogP contribution in [0.4, 0.5) is 0 Å². The van der Waals surface area contributed by atoms with E-state index >= 15 is 0 Å². The fourth-order valence-corrected chi connectivity index (χ4v) is 4.02. The normalized spacial score (nSPS) is 11.1. The average molecular weight is 421 g/mol. The first-order valence-electron chi connectivity index (χ1n) is 9.57. The first-order chi connectivity index (χ1) is 14.5. The number of amides is 1. The third-order valence-corrected chi connectivity index (χ3v) is 5.99. The molecule has 30 heavy (non-hydrogen) atoms. The Labute approximate surface area is 177 Å². The van der Waals surface area contributed by atoms with E-state index in [0.29, 0.717) is 18.7 Å². The molecular formula is C24H24N2O3S. The van der Waals surface area contributed by atoms with Gasteiger partial charge in [0.15, 0.2) is 0 Å². The monoisotopic (exact) mass is 420 g/mol. The van der Waals surface area contributed by atoms with Crippen LogP contribution in [0.5, 0.6) is 0 Å². The molecule has 3 aromatic rings. The second-order valence-corrected chi connectivity index (χ2v) is 8.56. The molecule has 0 heterocycles. The average Bonchev–Trinajstić information content (AvgIpc) is 2.78. The van der Waals surface area contributed by atoms with Gasteiger partial charge >= 0.3 is 0 Å². The lowest BCUT2D eigenvalue weighted by atomic mass is 10.1. The van der Waals surface area contributed by atoms with Crippen molar-refractivity contribution < 1.29 is 13.2 Å². The predicted molar refractivity (Wildman–Crippen MR) is 118 cm³/mol. The third kappa shape index (κ3) is 5.65. The van der Waals surface area contributed by atoms with Crippen LogP contribution in [0, 0.1) is 0 Å². The third-order valence-electron chi connectivity index (χ3n) is 4.55. The Balaban J connectivity index is 1.83. The molecule has 5 nitrogen and oxygen atoms in total. The zero-order chi connectivity index (χ0) is 21.4. The molecule has 0 atom stereocenters. The van der Waals surface area contributed by atoms with Crippen LogP contribution in [0.1, 0.15) is 21.5 Å². The van der Waals surface area contributed by atoms with Crippen molar-refractivity contribution in [3.8, 4) is 0 Å². The fourth-order valence-electron chi connectivity index (χ4n) is 3.02. The van der Waals surface area contributed by atoms with Crippen molar-refractivity contribution in [3.05, 3.63) is 114 Å². The summed E-state index contributed by atoms with van der Waals surface area (Å²) in [7, 11) is -3.63. The molecule has 154 valence electrons.